The number of ketones is 1. The fourth-order valence-electron chi connectivity index (χ4n) is 3.79. The number of para-hydroxylation sites is 1. The zero-order valence-electron chi connectivity index (χ0n) is 17.0. The molecular formula is C24H19F3N2O4. The fourth-order valence-corrected chi connectivity index (χ4v) is 3.79. The zero-order valence-corrected chi connectivity index (χ0v) is 17.0. The van der Waals surface area contributed by atoms with Gasteiger partial charge in [0.15, 0.2) is 5.78 Å². The van der Waals surface area contributed by atoms with Crippen LogP contribution in [0.4, 0.5) is 18.0 Å². The summed E-state index contributed by atoms with van der Waals surface area (Å²) in [6.45, 7) is 0. The highest BCUT2D eigenvalue weighted by Gasteiger charge is 2.66. The van der Waals surface area contributed by atoms with Gasteiger partial charge in [0.2, 0.25) is 5.72 Å². The SMILES string of the molecule is O=C1N[C@H](c2cccc(Oc3ccccc3)c2)[C@@H](C(=O)c2ccccc2)[C@@](O)(C(F)(F)F)N1. The zero-order chi connectivity index (χ0) is 23.6. The highest BCUT2D eigenvalue weighted by Crippen LogP contribution is 2.44. The number of urea groups is 1. The first kappa shape index (κ1) is 22.3. The maximum atomic E-state index is 14.0. The molecule has 1 saturated heterocycles. The molecule has 1 fully saturated rings. The van der Waals surface area contributed by atoms with Crippen LogP contribution in [0.2, 0.25) is 0 Å². The van der Waals surface area contributed by atoms with E-state index >= 15 is 0 Å². The Balaban J connectivity index is 1.78. The van der Waals surface area contributed by atoms with E-state index in [4.69, 9.17) is 4.74 Å². The molecule has 0 unspecified atom stereocenters. The van der Waals surface area contributed by atoms with Gasteiger partial charge in [-0.15, -0.1) is 0 Å². The molecule has 33 heavy (non-hydrogen) atoms. The largest absolute Gasteiger partial charge is 0.457 e. The van der Waals surface area contributed by atoms with E-state index in [1.807, 2.05) is 0 Å². The molecule has 0 bridgehead atoms. The number of carbonyl (C=O) groups excluding carboxylic acids is 2. The third-order valence-electron chi connectivity index (χ3n) is 5.34. The number of alkyl halides is 3. The van der Waals surface area contributed by atoms with Gasteiger partial charge in [0.1, 0.15) is 17.4 Å². The van der Waals surface area contributed by atoms with Crippen molar-refractivity contribution in [2.24, 2.45) is 5.92 Å². The molecule has 3 atom stereocenters. The van der Waals surface area contributed by atoms with Crippen LogP contribution in [0.25, 0.3) is 0 Å². The number of ether oxygens (including phenoxy) is 1. The number of aliphatic hydroxyl groups is 1. The van der Waals surface area contributed by atoms with Gasteiger partial charge >= 0.3 is 12.2 Å². The smallest absolute Gasteiger partial charge is 0.437 e. The summed E-state index contributed by atoms with van der Waals surface area (Å²) in [5, 5.41) is 14.5. The normalized spacial score (nSPS) is 22.7. The minimum atomic E-state index is -5.32. The van der Waals surface area contributed by atoms with Gasteiger partial charge in [0, 0.05) is 5.56 Å². The minimum Gasteiger partial charge on any atom is -0.457 e. The van der Waals surface area contributed by atoms with Gasteiger partial charge in [0.05, 0.1) is 6.04 Å². The second kappa shape index (κ2) is 8.59. The Morgan fingerprint density at radius 1 is 0.909 bits per heavy atom. The van der Waals surface area contributed by atoms with Crippen LogP contribution in [0, 0.1) is 5.92 Å². The lowest BCUT2D eigenvalue weighted by Gasteiger charge is -2.45. The summed E-state index contributed by atoms with van der Waals surface area (Å²) in [7, 11) is 0. The van der Waals surface area contributed by atoms with Crippen LogP contribution in [0.1, 0.15) is 22.0 Å². The van der Waals surface area contributed by atoms with Crippen LogP contribution in [-0.2, 0) is 0 Å². The highest BCUT2D eigenvalue weighted by atomic mass is 19.4. The van der Waals surface area contributed by atoms with Crippen molar-refractivity contribution in [3.8, 4) is 11.5 Å². The van der Waals surface area contributed by atoms with Crippen molar-refractivity contribution in [2.75, 3.05) is 0 Å². The first-order valence-electron chi connectivity index (χ1n) is 9.99. The molecule has 1 aliphatic rings. The number of benzene rings is 3. The van der Waals surface area contributed by atoms with Crippen molar-refractivity contribution in [1.82, 2.24) is 10.6 Å². The number of Topliss-reactive ketones (excluding diaryl/α,β-unsaturated/α-hetero) is 1. The van der Waals surface area contributed by atoms with Crippen LogP contribution in [-0.4, -0.2) is 28.8 Å². The predicted molar refractivity (Wildman–Crippen MR) is 113 cm³/mol. The van der Waals surface area contributed by atoms with Crippen LogP contribution in [0.15, 0.2) is 84.9 Å². The lowest BCUT2D eigenvalue weighted by molar-refractivity contribution is -0.287. The molecular weight excluding hydrogens is 437 g/mol. The van der Waals surface area contributed by atoms with Gasteiger partial charge in [-0.2, -0.15) is 13.2 Å². The maximum absolute atomic E-state index is 14.0. The first-order chi connectivity index (χ1) is 15.7. The number of rotatable bonds is 5. The number of hydrogen-bond acceptors (Lipinski definition) is 4. The lowest BCUT2D eigenvalue weighted by Crippen LogP contribution is -2.72. The number of hydrogen-bond donors (Lipinski definition) is 3. The van der Waals surface area contributed by atoms with Gasteiger partial charge in [-0.1, -0.05) is 60.7 Å². The summed E-state index contributed by atoms with van der Waals surface area (Å²) in [5.41, 5.74) is -3.66. The topological polar surface area (TPSA) is 87.7 Å². The van der Waals surface area contributed by atoms with Crippen molar-refractivity contribution < 1.29 is 32.6 Å². The summed E-state index contributed by atoms with van der Waals surface area (Å²) >= 11 is 0. The van der Waals surface area contributed by atoms with Gasteiger partial charge in [-0.05, 0) is 29.8 Å². The standard InChI is InChI=1S/C24H19F3N2O4/c25-24(26,27)23(32)19(21(30)15-8-3-1-4-9-15)20(28-22(31)29-23)16-10-7-13-18(14-16)33-17-11-5-2-6-12-17/h1-14,19-20,32H,(H2,28,29,31)/t19-,20+,23+/m0/s1. The molecule has 0 spiro atoms. The number of nitrogens with one attached hydrogen (secondary N) is 2. The quantitative estimate of drug-likeness (QED) is 0.491. The first-order valence-corrected chi connectivity index (χ1v) is 9.99. The van der Waals surface area contributed by atoms with E-state index in [1.165, 1.54) is 47.8 Å². The van der Waals surface area contributed by atoms with Crippen molar-refractivity contribution in [2.45, 2.75) is 17.9 Å². The van der Waals surface area contributed by atoms with Crippen molar-refractivity contribution in [1.29, 1.82) is 0 Å². The van der Waals surface area contributed by atoms with Gasteiger partial charge < -0.3 is 20.5 Å². The Morgan fingerprint density at radius 2 is 1.52 bits per heavy atom. The summed E-state index contributed by atoms with van der Waals surface area (Å²) in [6.07, 6.45) is -5.32. The highest BCUT2D eigenvalue weighted by molar-refractivity contribution is 6.00. The summed E-state index contributed by atoms with van der Waals surface area (Å²) in [5.74, 6) is -2.31. The predicted octanol–water partition coefficient (Wildman–Crippen LogP) is 4.58. The molecule has 9 heteroatoms. The maximum Gasteiger partial charge on any atom is 0.437 e. The molecule has 6 nitrogen and oxygen atoms in total. The van der Waals surface area contributed by atoms with E-state index in [0.29, 0.717) is 5.75 Å². The van der Waals surface area contributed by atoms with Gasteiger partial charge in [-0.3, -0.25) is 4.79 Å². The van der Waals surface area contributed by atoms with Crippen molar-refractivity contribution in [3.05, 3.63) is 96.1 Å². The third kappa shape index (κ3) is 4.40. The monoisotopic (exact) mass is 456 g/mol. The summed E-state index contributed by atoms with van der Waals surface area (Å²) in [4.78, 5) is 25.4. The van der Waals surface area contributed by atoms with E-state index in [0.717, 1.165) is 0 Å². The molecule has 4 rings (SSSR count). The van der Waals surface area contributed by atoms with E-state index in [9.17, 15) is 27.9 Å². The van der Waals surface area contributed by atoms with E-state index in [1.54, 1.807) is 42.5 Å². The fraction of sp³-hybridized carbons (Fsp3) is 0.167. The second-order valence-electron chi connectivity index (χ2n) is 7.54. The summed E-state index contributed by atoms with van der Waals surface area (Å²) < 4.78 is 47.8. The van der Waals surface area contributed by atoms with Crippen LogP contribution in [0.3, 0.4) is 0 Å². The molecule has 3 N–H and O–H groups in total. The Morgan fingerprint density at radius 3 is 2.15 bits per heavy atom. The van der Waals surface area contributed by atoms with Crippen LogP contribution in [0.5, 0.6) is 11.5 Å². The molecule has 0 saturated carbocycles. The number of amides is 2. The Hall–Kier alpha value is -3.85. The molecule has 0 radical (unpaired) electrons. The molecule has 0 aliphatic carbocycles. The van der Waals surface area contributed by atoms with E-state index in [-0.39, 0.29) is 16.9 Å². The molecule has 1 heterocycles. The lowest BCUT2D eigenvalue weighted by atomic mass is 9.77. The van der Waals surface area contributed by atoms with Crippen LogP contribution >= 0.6 is 0 Å². The molecule has 3 aromatic carbocycles. The Bertz CT molecular complexity index is 1160. The minimum absolute atomic E-state index is 0.0372. The number of carbonyl (C=O) groups is 2. The van der Waals surface area contributed by atoms with Crippen molar-refractivity contribution >= 4 is 11.8 Å². The Labute approximate surface area is 187 Å². The average molecular weight is 456 g/mol. The van der Waals surface area contributed by atoms with Gasteiger partial charge in [-0.25, -0.2) is 4.79 Å². The van der Waals surface area contributed by atoms with Crippen molar-refractivity contribution in [3.63, 3.8) is 0 Å². The van der Waals surface area contributed by atoms with Gasteiger partial charge in [0.25, 0.3) is 0 Å². The molecule has 1 aliphatic heterocycles. The average Bonchev–Trinajstić information content (AvgIpc) is 2.79. The van der Waals surface area contributed by atoms with Crippen LogP contribution < -0.4 is 15.4 Å². The second-order valence-corrected chi connectivity index (χ2v) is 7.54. The van der Waals surface area contributed by atoms with E-state index < -0.39 is 35.7 Å². The van der Waals surface area contributed by atoms with E-state index in [2.05, 4.69) is 5.32 Å². The molecule has 3 aromatic rings. The third-order valence-corrected chi connectivity index (χ3v) is 5.34. The molecule has 2 amide bonds. The molecule has 0 aromatic heterocycles. The Kier molecular flexibility index (Phi) is 5.82. The molecule has 170 valence electrons. The summed E-state index contributed by atoms with van der Waals surface area (Å²) in [6, 6.07) is 19.2. The number of halogens is 3.